The fraction of sp³-hybridized carbons (Fsp3) is 0.167. The monoisotopic (exact) mass is 168 g/mol. The molecule has 0 radical (unpaired) electrons. The molecular formula is C6H5FN4O. The normalized spacial score (nSPS) is 10.5. The van der Waals surface area contributed by atoms with Crippen LogP contribution in [-0.2, 0) is 0 Å². The number of aromatic nitrogens is 4. The van der Waals surface area contributed by atoms with Gasteiger partial charge in [0.15, 0.2) is 5.65 Å². The van der Waals surface area contributed by atoms with Crippen molar-refractivity contribution in [3.8, 4) is 6.01 Å². The van der Waals surface area contributed by atoms with E-state index in [1.54, 1.807) is 0 Å². The molecule has 2 aromatic rings. The zero-order valence-corrected chi connectivity index (χ0v) is 6.23. The minimum absolute atomic E-state index is 0.0856. The summed E-state index contributed by atoms with van der Waals surface area (Å²) in [5.74, 6) is -0.632. The predicted molar refractivity (Wildman–Crippen MR) is 37.3 cm³/mol. The Kier molecular flexibility index (Phi) is 1.39. The Balaban J connectivity index is 2.80. The lowest BCUT2D eigenvalue weighted by molar-refractivity contribution is 0.357. The zero-order chi connectivity index (χ0) is 8.55. The van der Waals surface area contributed by atoms with E-state index in [0.717, 1.165) is 0 Å². The first-order chi connectivity index (χ1) is 5.81. The molecule has 6 heteroatoms. The zero-order valence-electron chi connectivity index (χ0n) is 6.23. The lowest BCUT2D eigenvalue weighted by Crippen LogP contribution is -2.00. The summed E-state index contributed by atoms with van der Waals surface area (Å²) in [5.41, 5.74) is 0.374. The van der Waals surface area contributed by atoms with Crippen LogP contribution >= 0.6 is 0 Å². The minimum Gasteiger partial charge on any atom is -0.467 e. The van der Waals surface area contributed by atoms with Gasteiger partial charge in [0.1, 0.15) is 6.33 Å². The number of rotatable bonds is 1. The van der Waals surface area contributed by atoms with E-state index < -0.39 is 5.95 Å². The van der Waals surface area contributed by atoms with Crippen molar-refractivity contribution in [2.75, 3.05) is 7.11 Å². The van der Waals surface area contributed by atoms with Crippen molar-refractivity contribution in [2.24, 2.45) is 0 Å². The van der Waals surface area contributed by atoms with Crippen molar-refractivity contribution >= 4 is 5.65 Å². The van der Waals surface area contributed by atoms with Crippen molar-refractivity contribution < 1.29 is 9.13 Å². The molecule has 0 fully saturated rings. The SMILES string of the molecule is COc1nc(F)cc2ncnn12. The quantitative estimate of drug-likeness (QED) is 0.573. The van der Waals surface area contributed by atoms with Crippen LogP contribution in [0.1, 0.15) is 0 Å². The van der Waals surface area contributed by atoms with Crippen molar-refractivity contribution in [3.05, 3.63) is 18.3 Å². The molecule has 62 valence electrons. The van der Waals surface area contributed by atoms with Gasteiger partial charge in [0.2, 0.25) is 5.95 Å². The van der Waals surface area contributed by atoms with E-state index in [1.807, 2.05) is 0 Å². The maximum Gasteiger partial charge on any atom is 0.322 e. The van der Waals surface area contributed by atoms with E-state index in [-0.39, 0.29) is 6.01 Å². The van der Waals surface area contributed by atoms with E-state index in [1.165, 1.54) is 24.0 Å². The Morgan fingerprint density at radius 1 is 1.58 bits per heavy atom. The molecule has 0 aliphatic carbocycles. The second-order valence-electron chi connectivity index (χ2n) is 2.10. The van der Waals surface area contributed by atoms with Crippen LogP contribution in [-0.4, -0.2) is 26.7 Å². The summed E-state index contributed by atoms with van der Waals surface area (Å²) < 4.78 is 18.8. The second-order valence-corrected chi connectivity index (χ2v) is 2.10. The van der Waals surface area contributed by atoms with Crippen LogP contribution in [0.2, 0.25) is 0 Å². The van der Waals surface area contributed by atoms with E-state index >= 15 is 0 Å². The Morgan fingerprint density at radius 2 is 2.42 bits per heavy atom. The Morgan fingerprint density at radius 3 is 3.17 bits per heavy atom. The van der Waals surface area contributed by atoms with Gasteiger partial charge in [-0.05, 0) is 0 Å². The van der Waals surface area contributed by atoms with Gasteiger partial charge in [-0.15, -0.1) is 0 Å². The van der Waals surface area contributed by atoms with Crippen LogP contribution in [0.25, 0.3) is 5.65 Å². The molecule has 0 aliphatic heterocycles. The third-order valence-electron chi connectivity index (χ3n) is 1.39. The van der Waals surface area contributed by atoms with Gasteiger partial charge in [-0.25, -0.2) is 4.98 Å². The van der Waals surface area contributed by atoms with Crippen LogP contribution in [0.4, 0.5) is 4.39 Å². The Hall–Kier alpha value is -1.72. The molecule has 0 aliphatic rings. The van der Waals surface area contributed by atoms with Crippen molar-refractivity contribution in [3.63, 3.8) is 0 Å². The number of hydrogen-bond donors (Lipinski definition) is 0. The number of halogens is 1. The summed E-state index contributed by atoms with van der Waals surface area (Å²) >= 11 is 0. The molecule has 0 bridgehead atoms. The number of nitrogens with zero attached hydrogens (tertiary/aromatic N) is 4. The van der Waals surface area contributed by atoms with Gasteiger partial charge < -0.3 is 4.74 Å². The van der Waals surface area contributed by atoms with Gasteiger partial charge >= 0.3 is 6.01 Å². The lowest BCUT2D eigenvalue weighted by Gasteiger charge is -1.99. The summed E-state index contributed by atoms with van der Waals surface area (Å²) in [7, 11) is 1.39. The van der Waals surface area contributed by atoms with E-state index in [2.05, 4.69) is 15.1 Å². The highest BCUT2D eigenvalue weighted by atomic mass is 19.1. The summed E-state index contributed by atoms with van der Waals surface area (Å²) in [4.78, 5) is 7.24. The summed E-state index contributed by atoms with van der Waals surface area (Å²) in [6, 6.07) is 1.26. The highest BCUT2D eigenvalue weighted by molar-refractivity contribution is 5.36. The maximum absolute atomic E-state index is 12.7. The van der Waals surface area contributed by atoms with Gasteiger partial charge in [0.05, 0.1) is 7.11 Å². The molecule has 0 amide bonds. The molecule has 0 spiro atoms. The van der Waals surface area contributed by atoms with Crippen LogP contribution in [0, 0.1) is 5.95 Å². The Labute approximate surface area is 66.8 Å². The molecule has 0 saturated heterocycles. The number of methoxy groups -OCH3 is 1. The van der Waals surface area contributed by atoms with Crippen molar-refractivity contribution in [1.29, 1.82) is 0 Å². The molecule has 0 aromatic carbocycles. The van der Waals surface area contributed by atoms with Gasteiger partial charge in [0.25, 0.3) is 0 Å². The van der Waals surface area contributed by atoms with Crippen molar-refractivity contribution in [2.45, 2.75) is 0 Å². The fourth-order valence-electron chi connectivity index (χ4n) is 0.906. The minimum atomic E-state index is -0.632. The van der Waals surface area contributed by atoms with Gasteiger partial charge in [-0.3, -0.25) is 0 Å². The van der Waals surface area contributed by atoms with Gasteiger partial charge in [-0.1, -0.05) is 0 Å². The lowest BCUT2D eigenvalue weighted by atomic mass is 10.6. The summed E-state index contributed by atoms with van der Waals surface area (Å²) in [6.07, 6.45) is 1.30. The molecule has 12 heavy (non-hydrogen) atoms. The first-order valence-corrected chi connectivity index (χ1v) is 3.21. The second kappa shape index (κ2) is 2.40. The molecule has 2 heterocycles. The first-order valence-electron chi connectivity index (χ1n) is 3.21. The summed E-state index contributed by atoms with van der Waals surface area (Å²) in [5, 5.41) is 3.78. The molecule has 2 rings (SSSR count). The number of hydrogen-bond acceptors (Lipinski definition) is 4. The first kappa shape index (κ1) is 6.96. The Bertz CT molecular complexity index is 413. The number of ether oxygens (including phenoxy) is 1. The van der Waals surface area contributed by atoms with Crippen LogP contribution in [0.3, 0.4) is 0 Å². The summed E-state index contributed by atoms with van der Waals surface area (Å²) in [6.45, 7) is 0. The third kappa shape index (κ3) is 0.884. The highest BCUT2D eigenvalue weighted by Crippen LogP contribution is 2.08. The predicted octanol–water partition coefficient (Wildman–Crippen LogP) is 0.272. The smallest absolute Gasteiger partial charge is 0.322 e. The van der Waals surface area contributed by atoms with Crippen LogP contribution in [0.15, 0.2) is 12.4 Å². The van der Waals surface area contributed by atoms with Crippen LogP contribution < -0.4 is 4.74 Å². The largest absolute Gasteiger partial charge is 0.467 e. The van der Waals surface area contributed by atoms with Crippen LogP contribution in [0.5, 0.6) is 6.01 Å². The van der Waals surface area contributed by atoms with Crippen molar-refractivity contribution in [1.82, 2.24) is 19.6 Å². The van der Waals surface area contributed by atoms with Gasteiger partial charge in [-0.2, -0.15) is 19.0 Å². The standard InChI is InChI=1S/C6H5FN4O/c1-12-6-10-4(7)2-5-8-3-9-11(5)6/h2-3H,1H3. The molecule has 2 aromatic heterocycles. The molecular weight excluding hydrogens is 163 g/mol. The van der Waals surface area contributed by atoms with E-state index in [0.29, 0.717) is 5.65 Å². The van der Waals surface area contributed by atoms with E-state index in [9.17, 15) is 4.39 Å². The average Bonchev–Trinajstić information content (AvgIpc) is 2.50. The van der Waals surface area contributed by atoms with Gasteiger partial charge in [0, 0.05) is 6.07 Å². The molecule has 5 nitrogen and oxygen atoms in total. The average molecular weight is 168 g/mol. The molecule has 0 saturated carbocycles. The third-order valence-corrected chi connectivity index (χ3v) is 1.39. The molecule has 0 atom stereocenters. The van der Waals surface area contributed by atoms with E-state index in [4.69, 9.17) is 4.74 Å². The topological polar surface area (TPSA) is 52.3 Å². The molecule has 0 N–H and O–H groups in total. The number of fused-ring (bicyclic) bond motifs is 1. The fourth-order valence-corrected chi connectivity index (χ4v) is 0.906. The maximum atomic E-state index is 12.7. The highest BCUT2D eigenvalue weighted by Gasteiger charge is 2.06. The molecule has 0 unspecified atom stereocenters.